The van der Waals surface area contributed by atoms with Crippen LogP contribution in [-0.2, 0) is 0 Å². The van der Waals surface area contributed by atoms with Crippen molar-refractivity contribution in [1.29, 1.82) is 0 Å². The molecule has 0 spiro atoms. The maximum atomic E-state index is 5.09. The quantitative estimate of drug-likeness (QED) is 0.529. The SMILES string of the molecule is CN1CCCCCNC1=S. The average molecular weight is 158 g/mol. The van der Waals surface area contributed by atoms with Gasteiger partial charge in [-0.15, -0.1) is 0 Å². The molecule has 1 rings (SSSR count). The van der Waals surface area contributed by atoms with E-state index in [0.717, 1.165) is 18.2 Å². The molecule has 58 valence electrons. The van der Waals surface area contributed by atoms with E-state index < -0.39 is 0 Å². The van der Waals surface area contributed by atoms with E-state index in [-0.39, 0.29) is 0 Å². The maximum absolute atomic E-state index is 5.09. The highest BCUT2D eigenvalue weighted by molar-refractivity contribution is 7.80. The van der Waals surface area contributed by atoms with Crippen molar-refractivity contribution in [2.24, 2.45) is 0 Å². The lowest BCUT2D eigenvalue weighted by molar-refractivity contribution is 0.444. The summed E-state index contributed by atoms with van der Waals surface area (Å²) in [5.74, 6) is 0. The third-order valence-electron chi connectivity index (χ3n) is 1.79. The van der Waals surface area contributed by atoms with Gasteiger partial charge in [-0.1, -0.05) is 0 Å². The Morgan fingerprint density at radius 2 is 2.20 bits per heavy atom. The maximum Gasteiger partial charge on any atom is 0.168 e. The van der Waals surface area contributed by atoms with E-state index in [0.29, 0.717) is 0 Å². The van der Waals surface area contributed by atoms with Gasteiger partial charge in [0.25, 0.3) is 0 Å². The number of hydrogen-bond donors (Lipinski definition) is 1. The number of thiocarbonyl (C=S) groups is 1. The first kappa shape index (κ1) is 7.79. The van der Waals surface area contributed by atoms with Crippen LogP contribution >= 0.6 is 12.2 Å². The average Bonchev–Trinajstić information content (AvgIpc) is 1.92. The molecule has 1 aliphatic heterocycles. The van der Waals surface area contributed by atoms with Crippen molar-refractivity contribution in [2.75, 3.05) is 20.1 Å². The summed E-state index contributed by atoms with van der Waals surface area (Å²) in [7, 11) is 2.04. The minimum Gasteiger partial charge on any atom is -0.363 e. The van der Waals surface area contributed by atoms with Gasteiger partial charge in [0.15, 0.2) is 5.11 Å². The van der Waals surface area contributed by atoms with Gasteiger partial charge in [0.1, 0.15) is 0 Å². The monoisotopic (exact) mass is 158 g/mol. The molecule has 0 atom stereocenters. The van der Waals surface area contributed by atoms with Crippen molar-refractivity contribution in [3.63, 3.8) is 0 Å². The van der Waals surface area contributed by atoms with Crippen LogP contribution in [0.5, 0.6) is 0 Å². The van der Waals surface area contributed by atoms with Gasteiger partial charge in [0.05, 0.1) is 0 Å². The number of rotatable bonds is 0. The number of nitrogens with zero attached hydrogens (tertiary/aromatic N) is 1. The van der Waals surface area contributed by atoms with Crippen molar-refractivity contribution >= 4 is 17.3 Å². The predicted molar refractivity (Wildman–Crippen MR) is 47.1 cm³/mol. The third kappa shape index (κ3) is 2.14. The van der Waals surface area contributed by atoms with Gasteiger partial charge in [0, 0.05) is 20.1 Å². The summed E-state index contributed by atoms with van der Waals surface area (Å²) in [6, 6.07) is 0. The highest BCUT2D eigenvalue weighted by atomic mass is 32.1. The zero-order valence-electron chi connectivity index (χ0n) is 6.39. The van der Waals surface area contributed by atoms with Gasteiger partial charge < -0.3 is 10.2 Å². The Balaban J connectivity index is 2.35. The lowest BCUT2D eigenvalue weighted by atomic mass is 10.2. The zero-order chi connectivity index (χ0) is 7.40. The topological polar surface area (TPSA) is 15.3 Å². The molecule has 1 aliphatic rings. The van der Waals surface area contributed by atoms with E-state index in [2.05, 4.69) is 10.2 Å². The van der Waals surface area contributed by atoms with E-state index in [1.807, 2.05) is 7.05 Å². The van der Waals surface area contributed by atoms with Crippen LogP contribution in [-0.4, -0.2) is 30.1 Å². The Morgan fingerprint density at radius 3 is 3.00 bits per heavy atom. The summed E-state index contributed by atoms with van der Waals surface area (Å²) >= 11 is 5.09. The molecule has 1 fully saturated rings. The van der Waals surface area contributed by atoms with Crippen LogP contribution in [0.4, 0.5) is 0 Å². The second-order valence-electron chi connectivity index (χ2n) is 2.71. The van der Waals surface area contributed by atoms with Gasteiger partial charge in [-0.05, 0) is 31.5 Å². The Hall–Kier alpha value is -0.310. The summed E-state index contributed by atoms with van der Waals surface area (Å²) in [5.41, 5.74) is 0. The summed E-state index contributed by atoms with van der Waals surface area (Å²) in [6.45, 7) is 2.15. The Bertz CT molecular complexity index is 125. The Labute approximate surface area is 67.6 Å². The van der Waals surface area contributed by atoms with Crippen LogP contribution in [0.1, 0.15) is 19.3 Å². The highest BCUT2D eigenvalue weighted by Crippen LogP contribution is 2.00. The van der Waals surface area contributed by atoms with Crippen LogP contribution in [0.15, 0.2) is 0 Å². The van der Waals surface area contributed by atoms with Gasteiger partial charge in [-0.2, -0.15) is 0 Å². The first-order valence-corrected chi connectivity index (χ1v) is 4.20. The molecule has 2 nitrogen and oxygen atoms in total. The standard InChI is InChI=1S/C7H14N2S/c1-9-6-4-2-3-5-8-7(9)10/h2-6H2,1H3,(H,8,10). The minimum atomic E-state index is 0.903. The van der Waals surface area contributed by atoms with E-state index in [1.54, 1.807) is 0 Å². The molecule has 0 aromatic rings. The van der Waals surface area contributed by atoms with Gasteiger partial charge in [-0.25, -0.2) is 0 Å². The molecule has 0 aromatic heterocycles. The van der Waals surface area contributed by atoms with E-state index in [1.165, 1.54) is 19.3 Å². The molecule has 0 aromatic carbocycles. The van der Waals surface area contributed by atoms with Gasteiger partial charge in [-0.3, -0.25) is 0 Å². The second-order valence-corrected chi connectivity index (χ2v) is 3.10. The lowest BCUT2D eigenvalue weighted by Gasteiger charge is -2.23. The van der Waals surface area contributed by atoms with E-state index in [9.17, 15) is 0 Å². The molecule has 0 radical (unpaired) electrons. The molecular weight excluding hydrogens is 144 g/mol. The van der Waals surface area contributed by atoms with E-state index >= 15 is 0 Å². The minimum absolute atomic E-state index is 0.903. The zero-order valence-corrected chi connectivity index (χ0v) is 7.21. The molecule has 0 saturated carbocycles. The molecule has 0 amide bonds. The molecule has 1 N–H and O–H groups in total. The van der Waals surface area contributed by atoms with Crippen LogP contribution in [0.25, 0.3) is 0 Å². The first-order chi connectivity index (χ1) is 4.80. The fraction of sp³-hybridized carbons (Fsp3) is 0.857. The van der Waals surface area contributed by atoms with Crippen molar-refractivity contribution < 1.29 is 0 Å². The van der Waals surface area contributed by atoms with Crippen LogP contribution < -0.4 is 5.32 Å². The molecular formula is C7H14N2S. The molecule has 10 heavy (non-hydrogen) atoms. The van der Waals surface area contributed by atoms with E-state index in [4.69, 9.17) is 12.2 Å². The first-order valence-electron chi connectivity index (χ1n) is 3.79. The van der Waals surface area contributed by atoms with Crippen LogP contribution in [0.2, 0.25) is 0 Å². The lowest BCUT2D eigenvalue weighted by Crippen LogP contribution is -2.39. The smallest absolute Gasteiger partial charge is 0.168 e. The van der Waals surface area contributed by atoms with Crippen molar-refractivity contribution in [2.45, 2.75) is 19.3 Å². The fourth-order valence-corrected chi connectivity index (χ4v) is 1.28. The van der Waals surface area contributed by atoms with Crippen LogP contribution in [0.3, 0.4) is 0 Å². The van der Waals surface area contributed by atoms with Gasteiger partial charge in [0.2, 0.25) is 0 Å². The summed E-state index contributed by atoms with van der Waals surface area (Å²) in [4.78, 5) is 2.11. The third-order valence-corrected chi connectivity index (χ3v) is 2.25. The highest BCUT2D eigenvalue weighted by Gasteiger charge is 2.05. The van der Waals surface area contributed by atoms with Crippen molar-refractivity contribution in [3.8, 4) is 0 Å². The molecule has 0 unspecified atom stereocenters. The Kier molecular flexibility index (Phi) is 2.93. The molecule has 0 bridgehead atoms. The largest absolute Gasteiger partial charge is 0.363 e. The van der Waals surface area contributed by atoms with Gasteiger partial charge >= 0.3 is 0 Å². The summed E-state index contributed by atoms with van der Waals surface area (Å²) in [5, 5.41) is 4.09. The normalized spacial score (nSPS) is 21.3. The van der Waals surface area contributed by atoms with Crippen molar-refractivity contribution in [3.05, 3.63) is 0 Å². The fourth-order valence-electron chi connectivity index (χ4n) is 1.08. The number of hydrogen-bond acceptors (Lipinski definition) is 1. The summed E-state index contributed by atoms with van der Waals surface area (Å²) in [6.07, 6.45) is 3.85. The summed E-state index contributed by atoms with van der Waals surface area (Å²) < 4.78 is 0. The Morgan fingerprint density at radius 1 is 1.40 bits per heavy atom. The van der Waals surface area contributed by atoms with Crippen LogP contribution in [0, 0.1) is 0 Å². The molecule has 1 heterocycles. The second kappa shape index (κ2) is 3.76. The molecule has 1 saturated heterocycles. The predicted octanol–water partition coefficient (Wildman–Crippen LogP) is 0.977. The number of nitrogens with one attached hydrogen (secondary N) is 1. The molecule has 3 heteroatoms. The van der Waals surface area contributed by atoms with Crippen molar-refractivity contribution in [1.82, 2.24) is 10.2 Å². The molecule has 0 aliphatic carbocycles.